The third-order valence-corrected chi connectivity index (χ3v) is 5.77. The molecule has 24 heavy (non-hydrogen) atoms. The first-order valence-corrected chi connectivity index (χ1v) is 9.60. The van der Waals surface area contributed by atoms with Gasteiger partial charge in [0.1, 0.15) is 0 Å². The second-order valence-corrected chi connectivity index (χ2v) is 7.80. The van der Waals surface area contributed by atoms with Gasteiger partial charge in [-0.1, -0.05) is 12.1 Å². The van der Waals surface area contributed by atoms with E-state index in [1.807, 2.05) is 10.9 Å². The third kappa shape index (κ3) is 3.57. The Kier molecular flexibility index (Phi) is 4.82. The molecule has 0 amide bonds. The van der Waals surface area contributed by atoms with Crippen molar-refractivity contribution < 1.29 is 13.2 Å². The highest BCUT2D eigenvalue weighted by atomic mass is 32.2. The summed E-state index contributed by atoms with van der Waals surface area (Å²) in [5, 5.41) is 4.36. The first-order valence-electron chi connectivity index (χ1n) is 8.11. The van der Waals surface area contributed by atoms with Gasteiger partial charge in [0.05, 0.1) is 17.6 Å². The summed E-state index contributed by atoms with van der Waals surface area (Å²) in [5.41, 5.74) is 2.89. The van der Waals surface area contributed by atoms with E-state index in [9.17, 15) is 13.2 Å². The number of nitrogens with zero attached hydrogens (tertiary/aromatic N) is 2. The summed E-state index contributed by atoms with van der Waals surface area (Å²) in [6.45, 7) is 2.18. The van der Waals surface area contributed by atoms with Crippen molar-refractivity contribution in [2.24, 2.45) is 0 Å². The summed E-state index contributed by atoms with van der Waals surface area (Å²) in [5.74, 6) is -0.157. The Morgan fingerprint density at radius 3 is 2.88 bits per heavy atom. The van der Waals surface area contributed by atoms with E-state index in [4.69, 9.17) is 0 Å². The van der Waals surface area contributed by atoms with E-state index in [-0.39, 0.29) is 17.2 Å². The molecule has 1 aliphatic rings. The number of aryl methyl sites for hydroxylation is 1. The second kappa shape index (κ2) is 6.86. The molecule has 1 heterocycles. The molecule has 0 radical (unpaired) electrons. The molecule has 0 saturated carbocycles. The Bertz CT molecular complexity index is 856. The van der Waals surface area contributed by atoms with Crippen LogP contribution in [0.2, 0.25) is 0 Å². The first-order chi connectivity index (χ1) is 11.5. The number of benzene rings is 1. The van der Waals surface area contributed by atoms with Crippen molar-refractivity contribution in [3.63, 3.8) is 0 Å². The van der Waals surface area contributed by atoms with Gasteiger partial charge in [-0.05, 0) is 50.3 Å². The van der Waals surface area contributed by atoms with Crippen LogP contribution in [-0.2, 0) is 29.4 Å². The number of sulfonamides is 1. The summed E-state index contributed by atoms with van der Waals surface area (Å²) < 4.78 is 29.2. The van der Waals surface area contributed by atoms with E-state index in [0.717, 1.165) is 19.3 Å². The van der Waals surface area contributed by atoms with Crippen LogP contribution in [0.1, 0.15) is 41.4 Å². The minimum atomic E-state index is -3.63. The summed E-state index contributed by atoms with van der Waals surface area (Å²) in [4.78, 5) is 11.5. The van der Waals surface area contributed by atoms with Crippen LogP contribution in [0.25, 0.3) is 0 Å². The van der Waals surface area contributed by atoms with Gasteiger partial charge < -0.3 is 0 Å². The lowest BCUT2D eigenvalue weighted by molar-refractivity contribution is 0.101. The molecule has 0 spiro atoms. The summed E-state index contributed by atoms with van der Waals surface area (Å²) in [7, 11) is -3.63. The van der Waals surface area contributed by atoms with Crippen molar-refractivity contribution in [3.05, 3.63) is 47.3 Å². The molecule has 1 aliphatic carbocycles. The van der Waals surface area contributed by atoms with Crippen LogP contribution in [-0.4, -0.2) is 30.5 Å². The average Bonchev–Trinajstić information content (AvgIpc) is 2.98. The molecule has 2 aromatic rings. The fraction of sp³-hybridized carbons (Fsp3) is 0.412. The van der Waals surface area contributed by atoms with E-state index in [0.29, 0.717) is 12.1 Å². The number of Topliss-reactive ketones (excluding diaryl/α,β-unsaturated/α-hetero) is 1. The van der Waals surface area contributed by atoms with Crippen LogP contribution in [0.3, 0.4) is 0 Å². The molecule has 128 valence electrons. The molecule has 0 bridgehead atoms. The van der Waals surface area contributed by atoms with Crippen molar-refractivity contribution in [2.45, 2.75) is 44.0 Å². The number of hydrogen-bond acceptors (Lipinski definition) is 4. The zero-order valence-electron chi connectivity index (χ0n) is 13.7. The fourth-order valence-corrected chi connectivity index (χ4v) is 4.07. The van der Waals surface area contributed by atoms with E-state index in [2.05, 4.69) is 9.82 Å². The molecule has 0 atom stereocenters. The fourth-order valence-electron chi connectivity index (χ4n) is 3.00. The highest BCUT2D eigenvalue weighted by Crippen LogP contribution is 2.20. The number of nitrogens with one attached hydrogen (secondary N) is 1. The average molecular weight is 347 g/mol. The lowest BCUT2D eigenvalue weighted by Gasteiger charge is -2.14. The monoisotopic (exact) mass is 347 g/mol. The zero-order valence-corrected chi connectivity index (χ0v) is 14.5. The third-order valence-electron chi connectivity index (χ3n) is 4.31. The maximum absolute atomic E-state index is 12.4. The SMILES string of the molecule is CC(=O)c1cccc(S(=O)(=O)NCCn2ncc3c2CCCC3)c1. The highest BCUT2D eigenvalue weighted by molar-refractivity contribution is 7.89. The minimum absolute atomic E-state index is 0.109. The lowest BCUT2D eigenvalue weighted by Crippen LogP contribution is -2.28. The van der Waals surface area contributed by atoms with Gasteiger partial charge >= 0.3 is 0 Å². The Labute approximate surface area is 141 Å². The van der Waals surface area contributed by atoms with Crippen LogP contribution < -0.4 is 4.72 Å². The molecule has 0 fully saturated rings. The van der Waals surface area contributed by atoms with E-state index in [1.54, 1.807) is 12.1 Å². The number of hydrogen-bond donors (Lipinski definition) is 1. The van der Waals surface area contributed by atoms with Crippen LogP contribution in [0, 0.1) is 0 Å². The molecule has 1 aromatic carbocycles. The molecule has 0 aliphatic heterocycles. The lowest BCUT2D eigenvalue weighted by atomic mass is 9.98. The van der Waals surface area contributed by atoms with Crippen LogP contribution in [0.4, 0.5) is 0 Å². The smallest absolute Gasteiger partial charge is 0.240 e. The minimum Gasteiger partial charge on any atom is -0.295 e. The molecular weight excluding hydrogens is 326 g/mol. The summed E-state index contributed by atoms with van der Waals surface area (Å²) in [6.07, 6.45) is 6.29. The largest absolute Gasteiger partial charge is 0.295 e. The van der Waals surface area contributed by atoms with Gasteiger partial charge in [-0.15, -0.1) is 0 Å². The van der Waals surface area contributed by atoms with Crippen molar-refractivity contribution in [2.75, 3.05) is 6.54 Å². The predicted octanol–water partition coefficient (Wildman–Crippen LogP) is 1.94. The van der Waals surface area contributed by atoms with Crippen molar-refractivity contribution in [3.8, 4) is 0 Å². The Morgan fingerprint density at radius 2 is 2.08 bits per heavy atom. The van der Waals surface area contributed by atoms with Gasteiger partial charge in [-0.2, -0.15) is 5.10 Å². The van der Waals surface area contributed by atoms with E-state index < -0.39 is 10.0 Å². The number of carbonyl (C=O) groups is 1. The Balaban J connectivity index is 1.66. The van der Waals surface area contributed by atoms with Crippen LogP contribution in [0.15, 0.2) is 35.4 Å². The number of carbonyl (C=O) groups excluding carboxylic acids is 1. The Morgan fingerprint density at radius 1 is 1.29 bits per heavy atom. The van der Waals surface area contributed by atoms with Crippen molar-refractivity contribution in [1.29, 1.82) is 0 Å². The number of aromatic nitrogens is 2. The quantitative estimate of drug-likeness (QED) is 0.810. The summed E-state index contributed by atoms with van der Waals surface area (Å²) in [6, 6.07) is 6.08. The van der Waals surface area contributed by atoms with Gasteiger partial charge in [-0.25, -0.2) is 13.1 Å². The predicted molar refractivity (Wildman–Crippen MR) is 90.5 cm³/mol. The van der Waals surface area contributed by atoms with Gasteiger partial charge in [0.15, 0.2) is 5.78 Å². The van der Waals surface area contributed by atoms with E-state index >= 15 is 0 Å². The van der Waals surface area contributed by atoms with Gasteiger partial charge in [0.25, 0.3) is 0 Å². The number of rotatable bonds is 6. The van der Waals surface area contributed by atoms with E-state index in [1.165, 1.54) is 36.7 Å². The summed E-state index contributed by atoms with van der Waals surface area (Å²) >= 11 is 0. The topological polar surface area (TPSA) is 81.1 Å². The zero-order chi connectivity index (χ0) is 17.2. The normalized spacial score (nSPS) is 14.4. The van der Waals surface area contributed by atoms with Gasteiger partial charge in [0, 0.05) is 17.8 Å². The van der Waals surface area contributed by atoms with Crippen molar-refractivity contribution in [1.82, 2.24) is 14.5 Å². The maximum Gasteiger partial charge on any atom is 0.240 e. The molecule has 6 nitrogen and oxygen atoms in total. The van der Waals surface area contributed by atoms with Gasteiger partial charge in [-0.3, -0.25) is 9.48 Å². The maximum atomic E-state index is 12.4. The molecule has 1 aromatic heterocycles. The van der Waals surface area contributed by atoms with Crippen molar-refractivity contribution >= 4 is 15.8 Å². The standard InChI is InChI=1S/C17H21N3O3S/c1-13(21)14-6-4-7-16(11-14)24(22,23)19-9-10-20-17-8-3-2-5-15(17)12-18-20/h4,6-7,11-12,19H,2-3,5,8-10H2,1H3. The number of ketones is 1. The molecular formula is C17H21N3O3S. The van der Waals surface area contributed by atoms with Gasteiger partial charge in [0.2, 0.25) is 10.0 Å². The molecule has 3 rings (SSSR count). The van der Waals surface area contributed by atoms with Crippen LogP contribution >= 0.6 is 0 Å². The molecule has 7 heteroatoms. The first kappa shape index (κ1) is 16.9. The Hall–Kier alpha value is -1.99. The van der Waals surface area contributed by atoms with Crippen LogP contribution in [0.5, 0.6) is 0 Å². The second-order valence-electron chi connectivity index (χ2n) is 6.03. The highest BCUT2D eigenvalue weighted by Gasteiger charge is 2.17. The molecule has 0 saturated heterocycles. The molecule has 1 N–H and O–H groups in total. The molecule has 0 unspecified atom stereocenters. The number of fused-ring (bicyclic) bond motifs is 1.